The van der Waals surface area contributed by atoms with E-state index < -0.39 is 18.8 Å². The average Bonchev–Trinajstić information content (AvgIpc) is 2.66. The maximum Gasteiger partial charge on any atom is 0.319 e. The second-order valence-electron chi connectivity index (χ2n) is 3.79. The normalized spacial score (nSPS) is 15.4. The van der Waals surface area contributed by atoms with Crippen LogP contribution in [-0.4, -0.2) is 38.5 Å². The van der Waals surface area contributed by atoms with Gasteiger partial charge in [0, 0.05) is 18.9 Å². The van der Waals surface area contributed by atoms with E-state index in [-0.39, 0.29) is 18.9 Å². The smallest absolute Gasteiger partial charge is 0.319 e. The van der Waals surface area contributed by atoms with Crippen LogP contribution in [0.2, 0.25) is 0 Å². The molecule has 0 saturated carbocycles. The molecular weight excluding hydrogens is 220 g/mol. The molecule has 1 unspecified atom stereocenters. The van der Waals surface area contributed by atoms with E-state index in [1.807, 2.05) is 0 Å². The molecule has 0 aliphatic heterocycles. The van der Waals surface area contributed by atoms with Crippen LogP contribution in [0.5, 0.6) is 0 Å². The highest BCUT2D eigenvalue weighted by molar-refractivity contribution is 4.92. The molecule has 0 fully saturated rings. The third kappa shape index (κ3) is 3.51. The Bertz CT molecular complexity index is 328. The van der Waals surface area contributed by atoms with Gasteiger partial charge in [0.25, 0.3) is 0 Å². The summed E-state index contributed by atoms with van der Waals surface area (Å²) < 4.78 is 25.5. The SMILES string of the molecule is CC(O)(CO)CNCc1nccn1C(F)F. The highest BCUT2D eigenvalue weighted by Gasteiger charge is 2.18. The summed E-state index contributed by atoms with van der Waals surface area (Å²) >= 11 is 0. The fourth-order valence-electron chi connectivity index (χ4n) is 1.16. The van der Waals surface area contributed by atoms with Crippen molar-refractivity contribution in [3.8, 4) is 0 Å². The molecular formula is C9H15F2N3O2. The molecule has 1 rings (SSSR count). The lowest BCUT2D eigenvalue weighted by atomic mass is 10.1. The highest BCUT2D eigenvalue weighted by Crippen LogP contribution is 2.12. The lowest BCUT2D eigenvalue weighted by Crippen LogP contribution is -2.41. The van der Waals surface area contributed by atoms with Crippen LogP contribution in [0.3, 0.4) is 0 Å². The van der Waals surface area contributed by atoms with Gasteiger partial charge in [-0.3, -0.25) is 4.57 Å². The van der Waals surface area contributed by atoms with Crippen LogP contribution in [0.1, 0.15) is 19.3 Å². The number of aliphatic hydroxyl groups is 2. The average molecular weight is 235 g/mol. The summed E-state index contributed by atoms with van der Waals surface area (Å²) in [4.78, 5) is 3.76. The van der Waals surface area contributed by atoms with Crippen LogP contribution in [-0.2, 0) is 6.54 Å². The molecule has 0 spiro atoms. The zero-order valence-corrected chi connectivity index (χ0v) is 8.90. The lowest BCUT2D eigenvalue weighted by Gasteiger charge is -2.20. The fraction of sp³-hybridized carbons (Fsp3) is 0.667. The van der Waals surface area contributed by atoms with Gasteiger partial charge in [-0.15, -0.1) is 0 Å². The third-order valence-corrected chi connectivity index (χ3v) is 2.09. The number of hydrogen-bond acceptors (Lipinski definition) is 4. The molecule has 5 nitrogen and oxygen atoms in total. The summed E-state index contributed by atoms with van der Waals surface area (Å²) in [5.74, 6) is 0.184. The van der Waals surface area contributed by atoms with Crippen LogP contribution in [0.4, 0.5) is 8.78 Å². The molecule has 0 radical (unpaired) electrons. The maximum atomic E-state index is 12.4. The molecule has 7 heteroatoms. The Labute approximate surface area is 91.7 Å². The Morgan fingerprint density at radius 2 is 2.31 bits per heavy atom. The summed E-state index contributed by atoms with van der Waals surface area (Å²) in [6.45, 7) is -1.38. The van der Waals surface area contributed by atoms with E-state index in [1.165, 1.54) is 19.3 Å². The molecule has 0 amide bonds. The summed E-state index contributed by atoms with van der Waals surface area (Å²) in [7, 11) is 0. The third-order valence-electron chi connectivity index (χ3n) is 2.09. The van der Waals surface area contributed by atoms with Crippen LogP contribution < -0.4 is 5.32 Å². The lowest BCUT2D eigenvalue weighted by molar-refractivity contribution is 0.00209. The Balaban J connectivity index is 2.46. The van der Waals surface area contributed by atoms with Crippen molar-refractivity contribution < 1.29 is 19.0 Å². The Morgan fingerprint density at radius 3 is 2.88 bits per heavy atom. The molecule has 0 bridgehead atoms. The summed E-state index contributed by atoms with van der Waals surface area (Å²) in [5.41, 5.74) is -1.26. The van der Waals surface area contributed by atoms with Crippen molar-refractivity contribution >= 4 is 0 Å². The van der Waals surface area contributed by atoms with Crippen molar-refractivity contribution in [2.75, 3.05) is 13.2 Å². The van der Waals surface area contributed by atoms with Gasteiger partial charge in [0.1, 0.15) is 5.82 Å². The largest absolute Gasteiger partial charge is 0.393 e. The first-order valence-electron chi connectivity index (χ1n) is 4.80. The van der Waals surface area contributed by atoms with E-state index in [2.05, 4.69) is 10.3 Å². The minimum Gasteiger partial charge on any atom is -0.393 e. The van der Waals surface area contributed by atoms with Crippen LogP contribution in [0, 0.1) is 0 Å². The molecule has 3 N–H and O–H groups in total. The molecule has 1 aromatic rings. The number of aromatic nitrogens is 2. The number of halogens is 2. The predicted molar refractivity (Wildman–Crippen MR) is 52.9 cm³/mol. The van der Waals surface area contributed by atoms with Crippen molar-refractivity contribution in [1.29, 1.82) is 0 Å². The number of rotatable bonds is 6. The van der Waals surface area contributed by atoms with Gasteiger partial charge in [-0.25, -0.2) is 4.98 Å². The van der Waals surface area contributed by atoms with Gasteiger partial charge in [0.2, 0.25) is 0 Å². The van der Waals surface area contributed by atoms with E-state index in [0.717, 1.165) is 4.57 Å². The Hall–Kier alpha value is -1.05. The molecule has 0 aliphatic carbocycles. The van der Waals surface area contributed by atoms with Crippen LogP contribution in [0.25, 0.3) is 0 Å². The van der Waals surface area contributed by atoms with Crippen molar-refractivity contribution in [3.05, 3.63) is 18.2 Å². The second-order valence-corrected chi connectivity index (χ2v) is 3.79. The maximum absolute atomic E-state index is 12.4. The molecule has 92 valence electrons. The Morgan fingerprint density at radius 1 is 1.62 bits per heavy atom. The van der Waals surface area contributed by atoms with E-state index in [4.69, 9.17) is 5.11 Å². The van der Waals surface area contributed by atoms with Crippen molar-refractivity contribution in [2.24, 2.45) is 0 Å². The predicted octanol–water partition coefficient (Wildman–Crippen LogP) is 0.111. The van der Waals surface area contributed by atoms with Crippen molar-refractivity contribution in [2.45, 2.75) is 25.6 Å². The minimum atomic E-state index is -2.63. The highest BCUT2D eigenvalue weighted by atomic mass is 19.3. The van der Waals surface area contributed by atoms with Gasteiger partial charge in [-0.2, -0.15) is 8.78 Å². The standard InChI is InChI=1S/C9H15F2N3O2/c1-9(16,6-15)5-12-4-7-13-2-3-14(7)8(10)11/h2-3,8,12,15-16H,4-6H2,1H3. The zero-order chi connectivity index (χ0) is 12.2. The summed E-state index contributed by atoms with van der Waals surface area (Å²) in [5, 5.41) is 21.0. The van der Waals surface area contributed by atoms with Crippen LogP contribution in [0.15, 0.2) is 12.4 Å². The van der Waals surface area contributed by atoms with Gasteiger partial charge >= 0.3 is 6.55 Å². The van der Waals surface area contributed by atoms with Crippen LogP contribution >= 0.6 is 0 Å². The molecule has 1 atom stereocenters. The first kappa shape index (κ1) is 13.0. The molecule has 16 heavy (non-hydrogen) atoms. The van der Waals surface area contributed by atoms with E-state index in [1.54, 1.807) is 0 Å². The monoisotopic (exact) mass is 235 g/mol. The number of imidazole rings is 1. The first-order valence-corrected chi connectivity index (χ1v) is 4.80. The number of aliphatic hydroxyl groups excluding tert-OH is 1. The molecule has 1 aromatic heterocycles. The summed E-state index contributed by atoms with van der Waals surface area (Å²) in [6.07, 6.45) is 2.47. The number of nitrogens with zero attached hydrogens (tertiary/aromatic N) is 2. The minimum absolute atomic E-state index is 0.0968. The number of alkyl halides is 2. The first-order chi connectivity index (χ1) is 7.46. The quantitative estimate of drug-likeness (QED) is 0.654. The fourth-order valence-corrected chi connectivity index (χ4v) is 1.16. The van der Waals surface area contributed by atoms with E-state index in [0.29, 0.717) is 0 Å². The number of nitrogens with one attached hydrogen (secondary N) is 1. The Kier molecular flexibility index (Phi) is 4.34. The summed E-state index contributed by atoms with van der Waals surface area (Å²) in [6, 6.07) is 0. The molecule has 0 saturated heterocycles. The van der Waals surface area contributed by atoms with Gasteiger partial charge < -0.3 is 15.5 Å². The van der Waals surface area contributed by atoms with Gasteiger partial charge in [0.05, 0.1) is 18.8 Å². The topological polar surface area (TPSA) is 70.3 Å². The van der Waals surface area contributed by atoms with E-state index >= 15 is 0 Å². The van der Waals surface area contributed by atoms with Crippen molar-refractivity contribution in [3.63, 3.8) is 0 Å². The molecule has 0 aromatic carbocycles. The van der Waals surface area contributed by atoms with E-state index in [9.17, 15) is 13.9 Å². The molecule has 1 heterocycles. The van der Waals surface area contributed by atoms with Gasteiger partial charge in [0.15, 0.2) is 0 Å². The zero-order valence-electron chi connectivity index (χ0n) is 8.90. The van der Waals surface area contributed by atoms with Gasteiger partial charge in [-0.05, 0) is 6.92 Å². The molecule has 0 aliphatic rings. The number of hydrogen-bond donors (Lipinski definition) is 3. The second kappa shape index (κ2) is 5.33. The van der Waals surface area contributed by atoms with Gasteiger partial charge in [-0.1, -0.05) is 0 Å². The van der Waals surface area contributed by atoms with Crippen molar-refractivity contribution in [1.82, 2.24) is 14.9 Å².